The summed E-state index contributed by atoms with van der Waals surface area (Å²) in [5, 5.41) is 11.0. The van der Waals surface area contributed by atoms with Crippen molar-refractivity contribution in [3.8, 4) is 78.3 Å². The molecule has 0 aliphatic carbocycles. The standard InChI is InChI=1S/2C38H32N2O.C37H29N3O2/c1-39(36-16-10-18-38(28-36)41-2)33-23-19-30(20-24-33)31-21-25-35(26-22-31)40(34-14-7-4-8-15-34)37-17-9-13-32(27-37)29-11-5-3-6-12-29;1-39(34-24-26-38(41-2)27-25-34)33-20-16-30(17-21-33)31-18-22-36(23-19-31)40(35-13-7-4-8-14-35)37-15-9-12-32(28-37)29-10-5-3-6-11-29;1-38(33-23-25-36(26-24-33)40(41)42)32-19-15-29(16-20-32)30-17-21-35(22-18-30)39(34-12-6-3-7-13-34)37-14-8-11-31(27-37)28-9-4-2-5-10-28/h2*3-28H,1-2H3;2-27H,1H3. The molecule has 0 heterocycles. The normalized spacial score (nSPS) is 10.7. The van der Waals surface area contributed by atoms with Crippen LogP contribution in [0.2, 0.25) is 0 Å². The van der Waals surface area contributed by atoms with Crippen LogP contribution < -0.4 is 38.9 Å². The van der Waals surface area contributed by atoms with Crippen molar-refractivity contribution in [2.24, 2.45) is 0 Å². The molecule has 0 N–H and O–H groups in total. The number of anilines is 15. The monoisotopic (exact) mass is 1610 g/mol. The minimum Gasteiger partial charge on any atom is -0.497 e. The number of hydrogen-bond donors (Lipinski definition) is 0. The van der Waals surface area contributed by atoms with E-state index in [2.05, 4.69) is 445 Å². The molecule has 0 saturated carbocycles. The van der Waals surface area contributed by atoms with Gasteiger partial charge in [-0.05, 0) is 261 Å². The Balaban J connectivity index is 0.000000137. The predicted molar refractivity (Wildman–Crippen MR) is 519 cm³/mol. The molecule has 11 heteroatoms. The molecule has 124 heavy (non-hydrogen) atoms. The van der Waals surface area contributed by atoms with Crippen LogP contribution in [0.15, 0.2) is 473 Å². The largest absolute Gasteiger partial charge is 0.497 e. The fourth-order valence-corrected chi connectivity index (χ4v) is 15.3. The summed E-state index contributed by atoms with van der Waals surface area (Å²) in [4.78, 5) is 23.8. The molecule has 0 atom stereocenters. The van der Waals surface area contributed by atoms with Crippen LogP contribution in [0.4, 0.5) is 91.0 Å². The topological polar surface area (TPSA) is 81.0 Å². The van der Waals surface area contributed by atoms with Crippen LogP contribution in [0.25, 0.3) is 66.8 Å². The van der Waals surface area contributed by atoms with Crippen LogP contribution >= 0.6 is 0 Å². The van der Waals surface area contributed by atoms with E-state index >= 15 is 0 Å². The molecule has 0 fully saturated rings. The molecule has 0 aromatic heterocycles. The second-order valence-electron chi connectivity index (χ2n) is 29.9. The molecule has 11 nitrogen and oxygen atoms in total. The first-order chi connectivity index (χ1) is 60.9. The number of nitro groups is 1. The molecule has 0 aliphatic rings. The van der Waals surface area contributed by atoms with Gasteiger partial charge in [0, 0.05) is 125 Å². The number of hydrogen-bond acceptors (Lipinski definition) is 10. The molecule has 18 rings (SSSR count). The van der Waals surface area contributed by atoms with Gasteiger partial charge < -0.3 is 38.9 Å². The summed E-state index contributed by atoms with van der Waals surface area (Å²) in [6.45, 7) is 0. The highest BCUT2D eigenvalue weighted by molar-refractivity contribution is 5.86. The number of nitro benzene ring substituents is 1. The van der Waals surface area contributed by atoms with Gasteiger partial charge in [-0.2, -0.15) is 0 Å². The van der Waals surface area contributed by atoms with Crippen molar-refractivity contribution < 1.29 is 14.4 Å². The first-order valence-corrected chi connectivity index (χ1v) is 41.3. The lowest BCUT2D eigenvalue weighted by Crippen LogP contribution is -2.10. The highest BCUT2D eigenvalue weighted by atomic mass is 16.6. The number of nitrogens with zero attached hydrogens (tertiary/aromatic N) is 7. The Bertz CT molecular complexity index is 6460. The fourth-order valence-electron chi connectivity index (χ4n) is 15.3. The molecular weight excluding hydrogens is 1520 g/mol. The van der Waals surface area contributed by atoms with Crippen molar-refractivity contribution in [1.82, 2.24) is 0 Å². The van der Waals surface area contributed by atoms with E-state index in [1.165, 1.54) is 67.8 Å². The van der Waals surface area contributed by atoms with Crippen molar-refractivity contribution in [3.63, 3.8) is 0 Å². The van der Waals surface area contributed by atoms with Crippen molar-refractivity contribution >= 4 is 91.0 Å². The average Bonchev–Trinajstić information content (AvgIpc) is 0.801. The van der Waals surface area contributed by atoms with Gasteiger partial charge in [0.2, 0.25) is 0 Å². The van der Waals surface area contributed by atoms with Crippen LogP contribution in [0, 0.1) is 10.1 Å². The quantitative estimate of drug-likeness (QED) is 0.0431. The minimum absolute atomic E-state index is 0.0840. The third kappa shape index (κ3) is 19.5. The van der Waals surface area contributed by atoms with Gasteiger partial charge in [-0.3, -0.25) is 10.1 Å². The molecule has 0 unspecified atom stereocenters. The second-order valence-corrected chi connectivity index (χ2v) is 29.9. The average molecular weight is 1610 g/mol. The van der Waals surface area contributed by atoms with Crippen LogP contribution in [-0.4, -0.2) is 40.3 Å². The summed E-state index contributed by atoms with van der Waals surface area (Å²) in [5.74, 6) is 1.71. The van der Waals surface area contributed by atoms with Gasteiger partial charge in [0.05, 0.1) is 19.1 Å². The zero-order valence-corrected chi connectivity index (χ0v) is 69.8. The van der Waals surface area contributed by atoms with E-state index in [-0.39, 0.29) is 10.6 Å². The van der Waals surface area contributed by atoms with Crippen LogP contribution in [0.5, 0.6) is 11.5 Å². The number of para-hydroxylation sites is 3. The lowest BCUT2D eigenvalue weighted by molar-refractivity contribution is -0.384. The van der Waals surface area contributed by atoms with E-state index in [9.17, 15) is 10.1 Å². The molecule has 604 valence electrons. The zero-order chi connectivity index (χ0) is 84.9. The molecule has 0 radical (unpaired) electrons. The summed E-state index contributed by atoms with van der Waals surface area (Å²) in [6.07, 6.45) is 0. The Morgan fingerprint density at radius 1 is 0.185 bits per heavy atom. The number of benzene rings is 18. The molecule has 18 aromatic carbocycles. The Morgan fingerprint density at radius 3 is 0.661 bits per heavy atom. The summed E-state index contributed by atoms with van der Waals surface area (Å²) >= 11 is 0. The summed E-state index contributed by atoms with van der Waals surface area (Å²) < 4.78 is 10.7. The van der Waals surface area contributed by atoms with Gasteiger partial charge >= 0.3 is 0 Å². The summed E-state index contributed by atoms with van der Waals surface area (Å²) in [7, 11) is 9.49. The van der Waals surface area contributed by atoms with E-state index in [0.29, 0.717) is 0 Å². The van der Waals surface area contributed by atoms with E-state index in [1.54, 1.807) is 26.4 Å². The Hall–Kier alpha value is -16.2. The van der Waals surface area contributed by atoms with Gasteiger partial charge in [-0.25, -0.2) is 0 Å². The molecular formula is C113H93N7O4. The van der Waals surface area contributed by atoms with Crippen LogP contribution in [-0.2, 0) is 0 Å². The van der Waals surface area contributed by atoms with Crippen molar-refractivity contribution in [2.45, 2.75) is 0 Å². The Labute approximate surface area is 727 Å². The molecule has 0 amide bonds. The number of non-ortho nitro benzene ring substituents is 1. The number of methoxy groups -OCH3 is 2. The lowest BCUT2D eigenvalue weighted by Gasteiger charge is -2.26. The molecule has 0 saturated heterocycles. The van der Waals surface area contributed by atoms with Crippen molar-refractivity contribution in [2.75, 3.05) is 64.8 Å². The van der Waals surface area contributed by atoms with E-state index < -0.39 is 0 Å². The maximum Gasteiger partial charge on any atom is 0.269 e. The third-order valence-electron chi connectivity index (χ3n) is 22.2. The van der Waals surface area contributed by atoms with Crippen molar-refractivity contribution in [1.29, 1.82) is 0 Å². The summed E-state index contributed by atoms with van der Waals surface area (Å²) in [6, 6.07) is 164. The highest BCUT2D eigenvalue weighted by Crippen LogP contribution is 2.43. The van der Waals surface area contributed by atoms with Crippen molar-refractivity contribution in [3.05, 3.63) is 483 Å². The third-order valence-corrected chi connectivity index (χ3v) is 22.2. The highest BCUT2D eigenvalue weighted by Gasteiger charge is 2.20. The molecule has 0 aliphatic heterocycles. The van der Waals surface area contributed by atoms with Crippen LogP contribution in [0.3, 0.4) is 0 Å². The van der Waals surface area contributed by atoms with Gasteiger partial charge in [-0.1, -0.05) is 261 Å². The first kappa shape index (κ1) is 81.5. The fraction of sp³-hybridized carbons (Fsp3) is 0.0442. The van der Waals surface area contributed by atoms with E-state index in [0.717, 1.165) is 108 Å². The van der Waals surface area contributed by atoms with E-state index in [1.807, 2.05) is 54.4 Å². The Kier molecular flexibility index (Phi) is 25.7. The zero-order valence-electron chi connectivity index (χ0n) is 69.8. The minimum atomic E-state index is -0.384. The lowest BCUT2D eigenvalue weighted by atomic mass is 10.0. The maximum atomic E-state index is 11.0. The number of ether oxygens (including phenoxy) is 2. The molecule has 18 aromatic rings. The van der Waals surface area contributed by atoms with Gasteiger partial charge in [0.1, 0.15) is 11.5 Å². The molecule has 0 spiro atoms. The second kappa shape index (κ2) is 39.1. The first-order valence-electron chi connectivity index (χ1n) is 41.3. The smallest absolute Gasteiger partial charge is 0.269 e. The van der Waals surface area contributed by atoms with E-state index in [4.69, 9.17) is 9.47 Å². The van der Waals surface area contributed by atoms with Gasteiger partial charge in [-0.15, -0.1) is 0 Å². The Morgan fingerprint density at radius 2 is 0.387 bits per heavy atom. The van der Waals surface area contributed by atoms with Gasteiger partial charge in [0.25, 0.3) is 5.69 Å². The number of rotatable bonds is 24. The summed E-state index contributed by atoms with van der Waals surface area (Å²) in [5.41, 5.74) is 30.5. The predicted octanol–water partition coefficient (Wildman–Crippen LogP) is 30.7. The van der Waals surface area contributed by atoms with Crippen LogP contribution in [0.1, 0.15) is 0 Å². The SMILES string of the molecule is CN(c1ccc(-c2ccc(N(c3ccccc3)c3cccc(-c4ccccc4)c3)cc2)cc1)c1ccc([N+](=O)[O-])cc1.COc1ccc(N(C)c2ccc(-c3ccc(N(c4ccccc4)c4cccc(-c5ccccc5)c4)cc3)cc2)cc1.COc1cccc(N(C)c2ccc(-c3ccc(N(c4ccccc4)c4cccc(-c5ccccc5)c4)cc3)cc2)c1. The molecule has 0 bridgehead atoms. The maximum absolute atomic E-state index is 11.0. The van der Waals surface area contributed by atoms with Gasteiger partial charge in [0.15, 0.2) is 0 Å².